The molecule has 2 atom stereocenters. The monoisotopic (exact) mass is 929 g/mol. The summed E-state index contributed by atoms with van der Waals surface area (Å²) in [5.41, 5.74) is 2.60. The van der Waals surface area contributed by atoms with Crippen molar-refractivity contribution in [3.05, 3.63) is 63.0 Å². The molecule has 17 nitrogen and oxygen atoms in total. The summed E-state index contributed by atoms with van der Waals surface area (Å²) in [6, 6.07) is 7.39. The molecular weight excluding hydrogens is 882 g/mol. The molecule has 0 bridgehead atoms. The quantitative estimate of drug-likeness (QED) is 0.0169. The number of aryl methyl sites for hydroxylation is 1. The minimum Gasteiger partial charge on any atom is -0.465 e. The molecule has 62 heavy (non-hydrogen) atoms. The number of alkyl halides is 1. The number of thioether (sulfide) groups is 1. The van der Waals surface area contributed by atoms with Gasteiger partial charge >= 0.3 is 12.1 Å². The van der Waals surface area contributed by atoms with Crippen molar-refractivity contribution in [1.29, 1.82) is 0 Å². The first-order valence-corrected chi connectivity index (χ1v) is 24.0. The van der Waals surface area contributed by atoms with Crippen LogP contribution in [0.15, 0.2) is 30.3 Å². The van der Waals surface area contributed by atoms with E-state index in [0.717, 1.165) is 11.3 Å². The summed E-state index contributed by atoms with van der Waals surface area (Å²) in [6.07, 6.45) is 2.87. The predicted octanol–water partition coefficient (Wildman–Crippen LogP) is 7.35. The van der Waals surface area contributed by atoms with Gasteiger partial charge in [-0.2, -0.15) is 11.8 Å². The number of amides is 5. The number of imide groups is 1. The maximum atomic E-state index is 14.3. The molecule has 6 rings (SSSR count). The summed E-state index contributed by atoms with van der Waals surface area (Å²) in [5.74, 6) is -1.76. The number of H-pyrrole nitrogens is 2. The number of nitrogens with one attached hydrogen (secondary N) is 3. The van der Waals surface area contributed by atoms with Gasteiger partial charge in [-0.05, 0) is 51.1 Å². The lowest BCUT2D eigenvalue weighted by molar-refractivity contribution is -0.384. The Labute approximate surface area is 374 Å². The Morgan fingerprint density at radius 3 is 2.55 bits per heavy atom. The number of aromatic nitrogens is 2. The second-order valence-electron chi connectivity index (χ2n) is 15.5. The third-order valence-corrected chi connectivity index (χ3v) is 15.3. The molecule has 1 fully saturated rings. The van der Waals surface area contributed by atoms with Crippen molar-refractivity contribution >= 4 is 114 Å². The third kappa shape index (κ3) is 9.82. The van der Waals surface area contributed by atoms with Crippen LogP contribution in [0, 0.1) is 17.0 Å². The van der Waals surface area contributed by atoms with E-state index in [1.54, 1.807) is 30.2 Å². The molecular formula is C41H48ClN7O10S3. The lowest BCUT2D eigenvalue weighted by Gasteiger charge is -2.25. The number of likely N-dealkylation sites (tertiary alicyclic amines) is 1. The van der Waals surface area contributed by atoms with Crippen molar-refractivity contribution in [1.82, 2.24) is 25.1 Å². The zero-order chi connectivity index (χ0) is 45.0. The number of nitrogens with zero attached hydrogens (tertiary/aromatic N) is 4. The fourth-order valence-corrected chi connectivity index (χ4v) is 11.0. The third-order valence-electron chi connectivity index (χ3n) is 10.7. The van der Waals surface area contributed by atoms with E-state index in [2.05, 4.69) is 15.3 Å². The number of methoxy groups -OCH3 is 1. The number of non-ortho nitro benzene ring substituents is 1. The molecule has 4 aromatic rings. The highest BCUT2D eigenvalue weighted by Crippen LogP contribution is 2.48. The number of halogens is 1. The van der Waals surface area contributed by atoms with E-state index in [1.807, 2.05) is 20.8 Å². The van der Waals surface area contributed by atoms with Gasteiger partial charge in [0.1, 0.15) is 12.4 Å². The minimum absolute atomic E-state index is 0.0827. The second kappa shape index (κ2) is 19.6. The van der Waals surface area contributed by atoms with Crippen LogP contribution in [0.1, 0.15) is 84.5 Å². The molecule has 2 aromatic carbocycles. The fourth-order valence-electron chi connectivity index (χ4n) is 7.58. The average Bonchev–Trinajstić information content (AvgIpc) is 3.99. The molecule has 21 heteroatoms. The molecule has 0 aliphatic carbocycles. The molecule has 3 N–H and O–H groups in total. The van der Waals surface area contributed by atoms with Gasteiger partial charge in [0.15, 0.2) is 5.75 Å². The highest BCUT2D eigenvalue weighted by Gasteiger charge is 2.40. The maximum absolute atomic E-state index is 14.3. The van der Waals surface area contributed by atoms with Crippen molar-refractivity contribution in [2.45, 2.75) is 69.3 Å². The smallest absolute Gasteiger partial charge is 0.415 e. The SMILES string of the molecule is CCCCN(CCSSC(C)(C)CC(=O)NCN1C(=O)CC(SC)C1=O)C(=O)Oc1cc2c(c3c(C(=O)OC)c(C)[nH]c13)[C@H](CCl)CN2C(=O)c1cc2cc([N+](=O)[O-])ccc2[nH]1. The van der Waals surface area contributed by atoms with Gasteiger partial charge in [0.25, 0.3) is 11.6 Å². The number of benzene rings is 2. The van der Waals surface area contributed by atoms with E-state index in [-0.39, 0.29) is 72.4 Å². The van der Waals surface area contributed by atoms with E-state index in [0.29, 0.717) is 64.0 Å². The highest BCUT2D eigenvalue weighted by atomic mass is 35.5. The molecule has 4 heterocycles. The lowest BCUT2D eigenvalue weighted by atomic mass is 9.95. The number of carbonyl (C=O) groups is 6. The van der Waals surface area contributed by atoms with Crippen LogP contribution in [-0.2, 0) is 19.1 Å². The van der Waals surface area contributed by atoms with Crippen LogP contribution in [0.3, 0.4) is 0 Å². The summed E-state index contributed by atoms with van der Waals surface area (Å²) in [7, 11) is 4.23. The highest BCUT2D eigenvalue weighted by molar-refractivity contribution is 8.77. The average molecular weight is 931 g/mol. The molecule has 1 saturated heterocycles. The fraction of sp³-hybridized carbons (Fsp3) is 0.463. The topological polar surface area (TPSA) is 217 Å². The van der Waals surface area contributed by atoms with Crippen molar-refractivity contribution in [3.63, 3.8) is 0 Å². The maximum Gasteiger partial charge on any atom is 0.415 e. The number of aromatic amines is 2. The number of fused-ring (bicyclic) bond motifs is 4. The van der Waals surface area contributed by atoms with E-state index in [4.69, 9.17) is 21.1 Å². The van der Waals surface area contributed by atoms with Gasteiger partial charge in [0, 0.05) is 95.0 Å². The van der Waals surface area contributed by atoms with Crippen LogP contribution < -0.4 is 15.0 Å². The number of hydrogen-bond acceptors (Lipinski definition) is 13. The zero-order valence-corrected chi connectivity index (χ0v) is 38.3. The minimum atomic E-state index is -0.646. The van der Waals surface area contributed by atoms with Gasteiger partial charge in [0.05, 0.1) is 34.1 Å². The predicted molar refractivity (Wildman–Crippen MR) is 242 cm³/mol. The van der Waals surface area contributed by atoms with E-state index in [1.165, 1.54) is 63.6 Å². The molecule has 5 amide bonds. The van der Waals surface area contributed by atoms with E-state index < -0.39 is 38.8 Å². The van der Waals surface area contributed by atoms with Crippen LogP contribution >= 0.6 is 45.0 Å². The summed E-state index contributed by atoms with van der Waals surface area (Å²) in [5, 5.41) is 14.6. The molecule has 2 aliphatic rings. The van der Waals surface area contributed by atoms with Gasteiger partial charge < -0.3 is 34.6 Å². The number of esters is 1. The summed E-state index contributed by atoms with van der Waals surface area (Å²) >= 11 is 7.85. The Morgan fingerprint density at radius 1 is 1.13 bits per heavy atom. The number of hydrogen-bond donors (Lipinski definition) is 3. The number of unbranched alkanes of at least 4 members (excludes halogenated alkanes) is 1. The van der Waals surface area contributed by atoms with Gasteiger partial charge in [-0.15, -0.1) is 11.6 Å². The largest absolute Gasteiger partial charge is 0.465 e. The van der Waals surface area contributed by atoms with Crippen LogP contribution in [0.25, 0.3) is 21.8 Å². The number of ether oxygens (including phenoxy) is 2. The standard InChI is InChI=1S/C41H48ClN7O10S3/c1-7-8-11-46(12-13-61-62-41(3,4)18-31(50)43-21-48-32(51)17-30(60-6)38(48)53)40(55)59-29-16-28-34(35-33(39(54)58-5)22(2)44-36(29)35)24(19-42)20-47(28)37(52)27-15-23-14-25(49(56)57)9-10-26(23)45-27/h9-10,14-16,24,30,44-45H,7-8,11-13,17-21H2,1-6H3,(H,43,50)/t24-,30?/m1/s1. The number of carbonyl (C=O) groups excluding carboxylic acids is 6. The number of nitro groups is 1. The van der Waals surface area contributed by atoms with Gasteiger partial charge in [0.2, 0.25) is 17.7 Å². The van der Waals surface area contributed by atoms with Crippen molar-refractivity contribution < 1.29 is 43.2 Å². The summed E-state index contributed by atoms with van der Waals surface area (Å²) in [6.45, 7) is 8.19. The molecule has 0 radical (unpaired) electrons. The van der Waals surface area contributed by atoms with Crippen LogP contribution in [0.4, 0.5) is 16.2 Å². The van der Waals surface area contributed by atoms with Gasteiger partial charge in [-0.25, -0.2) is 9.59 Å². The van der Waals surface area contributed by atoms with Crippen molar-refractivity contribution in [2.75, 3.05) is 56.2 Å². The van der Waals surface area contributed by atoms with Crippen molar-refractivity contribution in [3.8, 4) is 5.75 Å². The Balaban J connectivity index is 1.20. The molecule has 2 aromatic heterocycles. The Hall–Kier alpha value is -4.92. The number of rotatable bonds is 18. The molecule has 0 spiro atoms. The van der Waals surface area contributed by atoms with Crippen LogP contribution in [0.5, 0.6) is 5.75 Å². The molecule has 2 aliphatic heterocycles. The van der Waals surface area contributed by atoms with Crippen LogP contribution in [-0.4, -0.2) is 122 Å². The van der Waals surface area contributed by atoms with Gasteiger partial charge in [-0.3, -0.25) is 34.2 Å². The molecule has 0 saturated carbocycles. The second-order valence-corrected chi connectivity index (χ2v) is 20.0. The number of anilines is 1. The summed E-state index contributed by atoms with van der Waals surface area (Å²) < 4.78 is 10.8. The normalized spacial score (nSPS) is 16.3. The first kappa shape index (κ1) is 46.6. The number of nitro benzene ring substituents is 1. The van der Waals surface area contributed by atoms with Crippen LogP contribution in [0.2, 0.25) is 0 Å². The Kier molecular flexibility index (Phi) is 14.8. The van der Waals surface area contributed by atoms with Gasteiger partial charge in [-0.1, -0.05) is 34.9 Å². The summed E-state index contributed by atoms with van der Waals surface area (Å²) in [4.78, 5) is 101. The zero-order valence-electron chi connectivity index (χ0n) is 35.1. The first-order valence-electron chi connectivity index (χ1n) is 19.9. The van der Waals surface area contributed by atoms with E-state index in [9.17, 15) is 38.9 Å². The Bertz CT molecular complexity index is 2440. The Morgan fingerprint density at radius 2 is 1.89 bits per heavy atom. The first-order chi connectivity index (χ1) is 29.5. The van der Waals surface area contributed by atoms with Crippen molar-refractivity contribution in [2.24, 2.45) is 0 Å². The molecule has 1 unspecified atom stereocenters. The lowest BCUT2D eigenvalue weighted by Crippen LogP contribution is -2.42. The van der Waals surface area contributed by atoms with E-state index >= 15 is 0 Å². The molecule has 332 valence electrons.